The highest BCUT2D eigenvalue weighted by Crippen LogP contribution is 2.14. The molecule has 3 nitrogen and oxygen atoms in total. The fraction of sp³-hybridized carbons (Fsp3) is 0.364. The Bertz CT molecular complexity index is 334. The predicted molar refractivity (Wildman–Crippen MR) is 55.3 cm³/mol. The second-order valence-corrected chi connectivity index (χ2v) is 3.10. The molecule has 0 saturated heterocycles. The number of carbonyl (C=O) groups excluding carboxylic acids is 1. The van der Waals surface area contributed by atoms with Gasteiger partial charge in [-0.05, 0) is 24.1 Å². The van der Waals surface area contributed by atoms with Crippen LogP contribution in [0.1, 0.15) is 21.5 Å². The molecule has 1 N–H and O–H groups in total. The third-order valence-corrected chi connectivity index (χ3v) is 2.22. The van der Waals surface area contributed by atoms with Gasteiger partial charge in [0.1, 0.15) is 0 Å². The molecule has 0 bridgehead atoms. The van der Waals surface area contributed by atoms with Gasteiger partial charge in [0, 0.05) is 19.7 Å². The molecule has 0 fully saturated rings. The zero-order valence-electron chi connectivity index (χ0n) is 8.76. The number of carbonyl (C=O) groups is 1. The number of hydrogen-bond donors (Lipinski definition) is 1. The lowest BCUT2D eigenvalue weighted by molar-refractivity contribution is 0.0962. The molecule has 0 aliphatic carbocycles. The molecular formula is C11H15NO2. The van der Waals surface area contributed by atoms with Gasteiger partial charge in [0.2, 0.25) is 0 Å². The SMILES string of the molecule is CNC(=O)c1cccc(COC)c1C. The van der Waals surface area contributed by atoms with Gasteiger partial charge in [-0.1, -0.05) is 12.1 Å². The predicted octanol–water partition coefficient (Wildman–Crippen LogP) is 1.50. The first kappa shape index (κ1) is 10.7. The van der Waals surface area contributed by atoms with Crippen molar-refractivity contribution in [3.05, 3.63) is 34.9 Å². The van der Waals surface area contributed by atoms with Crippen LogP contribution in [-0.4, -0.2) is 20.1 Å². The van der Waals surface area contributed by atoms with E-state index in [9.17, 15) is 4.79 Å². The van der Waals surface area contributed by atoms with E-state index in [-0.39, 0.29) is 5.91 Å². The summed E-state index contributed by atoms with van der Waals surface area (Å²) >= 11 is 0. The molecule has 1 aromatic carbocycles. The summed E-state index contributed by atoms with van der Waals surface area (Å²) in [6.07, 6.45) is 0. The van der Waals surface area contributed by atoms with Crippen LogP contribution < -0.4 is 5.32 Å². The van der Waals surface area contributed by atoms with E-state index in [1.807, 2.05) is 25.1 Å². The molecule has 0 aliphatic rings. The largest absolute Gasteiger partial charge is 0.380 e. The van der Waals surface area contributed by atoms with Crippen molar-refractivity contribution in [3.8, 4) is 0 Å². The van der Waals surface area contributed by atoms with Crippen molar-refractivity contribution in [1.29, 1.82) is 0 Å². The van der Waals surface area contributed by atoms with Crippen LogP contribution in [0.4, 0.5) is 0 Å². The highest BCUT2D eigenvalue weighted by molar-refractivity contribution is 5.95. The van der Waals surface area contributed by atoms with Crippen LogP contribution in [0.5, 0.6) is 0 Å². The lowest BCUT2D eigenvalue weighted by atomic mass is 10.0. The van der Waals surface area contributed by atoms with Gasteiger partial charge >= 0.3 is 0 Å². The molecule has 0 aromatic heterocycles. The van der Waals surface area contributed by atoms with Gasteiger partial charge in [-0.2, -0.15) is 0 Å². The van der Waals surface area contributed by atoms with Gasteiger partial charge in [-0.3, -0.25) is 4.79 Å². The van der Waals surface area contributed by atoms with Crippen molar-refractivity contribution >= 4 is 5.91 Å². The van der Waals surface area contributed by atoms with Gasteiger partial charge in [0.15, 0.2) is 0 Å². The number of rotatable bonds is 3. The van der Waals surface area contributed by atoms with Gasteiger partial charge < -0.3 is 10.1 Å². The molecule has 14 heavy (non-hydrogen) atoms. The van der Waals surface area contributed by atoms with E-state index in [1.54, 1.807) is 14.2 Å². The van der Waals surface area contributed by atoms with Crippen LogP contribution >= 0.6 is 0 Å². The molecule has 0 unspecified atom stereocenters. The van der Waals surface area contributed by atoms with E-state index in [2.05, 4.69) is 5.32 Å². The summed E-state index contributed by atoms with van der Waals surface area (Å²) in [4.78, 5) is 11.4. The first-order valence-electron chi connectivity index (χ1n) is 4.50. The number of nitrogens with one attached hydrogen (secondary N) is 1. The van der Waals surface area contributed by atoms with E-state index < -0.39 is 0 Å². The van der Waals surface area contributed by atoms with Crippen molar-refractivity contribution < 1.29 is 9.53 Å². The Balaban J connectivity index is 3.07. The molecule has 3 heteroatoms. The average molecular weight is 193 g/mol. The fourth-order valence-electron chi connectivity index (χ4n) is 1.38. The van der Waals surface area contributed by atoms with Crippen LogP contribution in [0.3, 0.4) is 0 Å². The van der Waals surface area contributed by atoms with Crippen molar-refractivity contribution in [2.45, 2.75) is 13.5 Å². The minimum absolute atomic E-state index is 0.0551. The molecular weight excluding hydrogens is 178 g/mol. The first-order valence-corrected chi connectivity index (χ1v) is 4.50. The maximum Gasteiger partial charge on any atom is 0.251 e. The zero-order chi connectivity index (χ0) is 10.6. The number of amides is 1. The van der Waals surface area contributed by atoms with Crippen molar-refractivity contribution in [3.63, 3.8) is 0 Å². The Kier molecular flexibility index (Phi) is 3.65. The maximum absolute atomic E-state index is 11.4. The molecule has 0 aliphatic heterocycles. The van der Waals surface area contributed by atoms with Gasteiger partial charge in [0.05, 0.1) is 6.61 Å². The summed E-state index contributed by atoms with van der Waals surface area (Å²) in [5, 5.41) is 2.61. The number of methoxy groups -OCH3 is 1. The van der Waals surface area contributed by atoms with Crippen molar-refractivity contribution in [2.75, 3.05) is 14.2 Å². The van der Waals surface area contributed by atoms with E-state index in [0.29, 0.717) is 12.2 Å². The normalized spacial score (nSPS) is 9.93. The van der Waals surface area contributed by atoms with Gasteiger partial charge in [0.25, 0.3) is 5.91 Å². The summed E-state index contributed by atoms with van der Waals surface area (Å²) < 4.78 is 5.05. The Labute approximate surface area is 84.1 Å². The molecule has 76 valence electrons. The first-order chi connectivity index (χ1) is 6.70. The molecule has 0 spiro atoms. The number of ether oxygens (including phenoxy) is 1. The molecule has 0 radical (unpaired) electrons. The Morgan fingerprint density at radius 3 is 2.79 bits per heavy atom. The van der Waals surface area contributed by atoms with Crippen LogP contribution in [0.25, 0.3) is 0 Å². The minimum Gasteiger partial charge on any atom is -0.380 e. The molecule has 1 aromatic rings. The standard InChI is InChI=1S/C11H15NO2/c1-8-9(7-14-3)5-4-6-10(8)11(13)12-2/h4-6H,7H2,1-3H3,(H,12,13). The Morgan fingerprint density at radius 2 is 2.21 bits per heavy atom. The number of benzene rings is 1. The van der Waals surface area contributed by atoms with Crippen LogP contribution in [0, 0.1) is 6.92 Å². The third-order valence-electron chi connectivity index (χ3n) is 2.22. The molecule has 0 heterocycles. The highest BCUT2D eigenvalue weighted by atomic mass is 16.5. The van der Waals surface area contributed by atoms with Crippen LogP contribution in [-0.2, 0) is 11.3 Å². The van der Waals surface area contributed by atoms with E-state index in [0.717, 1.165) is 11.1 Å². The van der Waals surface area contributed by atoms with E-state index in [1.165, 1.54) is 0 Å². The summed E-state index contributed by atoms with van der Waals surface area (Å²) in [6.45, 7) is 2.47. The van der Waals surface area contributed by atoms with Crippen molar-refractivity contribution in [2.24, 2.45) is 0 Å². The van der Waals surface area contributed by atoms with Crippen LogP contribution in [0.15, 0.2) is 18.2 Å². The van der Waals surface area contributed by atoms with Crippen molar-refractivity contribution in [1.82, 2.24) is 5.32 Å². The molecule has 0 atom stereocenters. The topological polar surface area (TPSA) is 38.3 Å². The Hall–Kier alpha value is -1.35. The van der Waals surface area contributed by atoms with E-state index >= 15 is 0 Å². The smallest absolute Gasteiger partial charge is 0.251 e. The van der Waals surface area contributed by atoms with Gasteiger partial charge in [-0.25, -0.2) is 0 Å². The van der Waals surface area contributed by atoms with Gasteiger partial charge in [-0.15, -0.1) is 0 Å². The third kappa shape index (κ3) is 2.12. The Morgan fingerprint density at radius 1 is 1.50 bits per heavy atom. The quantitative estimate of drug-likeness (QED) is 0.790. The lowest BCUT2D eigenvalue weighted by Crippen LogP contribution is -2.19. The second kappa shape index (κ2) is 4.77. The monoisotopic (exact) mass is 193 g/mol. The lowest BCUT2D eigenvalue weighted by Gasteiger charge is -2.09. The second-order valence-electron chi connectivity index (χ2n) is 3.10. The molecule has 1 rings (SSSR count). The summed E-state index contributed by atoms with van der Waals surface area (Å²) in [5.41, 5.74) is 2.74. The molecule has 0 saturated carbocycles. The summed E-state index contributed by atoms with van der Waals surface area (Å²) in [5.74, 6) is -0.0551. The zero-order valence-corrected chi connectivity index (χ0v) is 8.76. The number of hydrogen-bond acceptors (Lipinski definition) is 2. The molecule has 1 amide bonds. The summed E-state index contributed by atoms with van der Waals surface area (Å²) in [7, 11) is 3.27. The average Bonchev–Trinajstić information content (AvgIpc) is 2.20. The fourth-order valence-corrected chi connectivity index (χ4v) is 1.38. The highest BCUT2D eigenvalue weighted by Gasteiger charge is 2.09. The summed E-state index contributed by atoms with van der Waals surface area (Å²) in [6, 6.07) is 5.64. The van der Waals surface area contributed by atoms with E-state index in [4.69, 9.17) is 4.74 Å². The minimum atomic E-state index is -0.0551. The maximum atomic E-state index is 11.4. The van der Waals surface area contributed by atoms with Crippen LogP contribution in [0.2, 0.25) is 0 Å².